The third-order valence-electron chi connectivity index (χ3n) is 8.64. The fourth-order valence-electron chi connectivity index (χ4n) is 7.11. The predicted molar refractivity (Wildman–Crippen MR) is 108 cm³/mol. The van der Waals surface area contributed by atoms with Crippen LogP contribution in [-0.2, 0) is 19.1 Å². The maximum absolute atomic E-state index is 12.9. The Hall–Kier alpha value is -1.83. The van der Waals surface area contributed by atoms with Gasteiger partial charge >= 0.3 is 5.97 Å². The molecule has 1 unspecified atom stereocenters. The van der Waals surface area contributed by atoms with Gasteiger partial charge in [-0.2, -0.15) is 0 Å². The van der Waals surface area contributed by atoms with Crippen LogP contribution in [0.15, 0.2) is 23.8 Å². The van der Waals surface area contributed by atoms with Crippen LogP contribution in [0.3, 0.4) is 0 Å². The molecule has 30 heavy (non-hydrogen) atoms. The standard InChI is InChI=1S/C23H31NO6/c1-21-7-5-14(25)9-13(21)3-4-15-16-6-8-23(29,18(27)12-30-19(28)11-24)22(16,2)10-17(26)20(15)21/h5,7,9,15-17,20,26,29H,3-4,6,8,10-12,24H2,1-2H3/t15-,16-,17?,20+,21-,22-,23-/m0/s1. The molecule has 3 saturated carbocycles. The fraction of sp³-hybridized carbons (Fsp3) is 0.696. The quantitative estimate of drug-likeness (QED) is 0.584. The van der Waals surface area contributed by atoms with E-state index < -0.39 is 35.5 Å². The molecule has 7 heteroatoms. The number of fused-ring (bicyclic) bond motifs is 5. The van der Waals surface area contributed by atoms with E-state index in [1.54, 1.807) is 12.2 Å². The summed E-state index contributed by atoms with van der Waals surface area (Å²) >= 11 is 0. The summed E-state index contributed by atoms with van der Waals surface area (Å²) in [5.74, 6) is -1.09. The normalized spacial score (nSPS) is 44.6. The van der Waals surface area contributed by atoms with Gasteiger partial charge in [0.15, 0.2) is 12.4 Å². The molecule has 0 aromatic rings. The lowest BCUT2D eigenvalue weighted by Crippen LogP contribution is -2.61. The van der Waals surface area contributed by atoms with Gasteiger partial charge in [-0.1, -0.05) is 25.5 Å². The Balaban J connectivity index is 1.63. The van der Waals surface area contributed by atoms with Crippen LogP contribution in [-0.4, -0.2) is 52.6 Å². The molecule has 4 aliphatic rings. The summed E-state index contributed by atoms with van der Waals surface area (Å²) in [6.07, 6.45) is 7.36. The van der Waals surface area contributed by atoms with E-state index in [0.29, 0.717) is 6.42 Å². The molecule has 0 aromatic heterocycles. The summed E-state index contributed by atoms with van der Waals surface area (Å²) in [7, 11) is 0. The molecule has 0 heterocycles. The van der Waals surface area contributed by atoms with Crippen LogP contribution < -0.4 is 5.73 Å². The topological polar surface area (TPSA) is 127 Å². The molecule has 0 spiro atoms. The van der Waals surface area contributed by atoms with E-state index in [2.05, 4.69) is 6.92 Å². The number of rotatable bonds is 4. The highest BCUT2D eigenvalue weighted by atomic mass is 16.5. The van der Waals surface area contributed by atoms with Crippen molar-refractivity contribution in [2.75, 3.05) is 13.2 Å². The maximum atomic E-state index is 12.9. The van der Waals surface area contributed by atoms with Crippen LogP contribution >= 0.6 is 0 Å². The maximum Gasteiger partial charge on any atom is 0.320 e. The number of hydrogen-bond donors (Lipinski definition) is 3. The van der Waals surface area contributed by atoms with E-state index in [1.807, 2.05) is 13.0 Å². The first-order valence-electron chi connectivity index (χ1n) is 10.8. The highest BCUT2D eigenvalue weighted by Gasteiger charge is 2.68. The lowest BCUT2D eigenvalue weighted by molar-refractivity contribution is -0.181. The monoisotopic (exact) mass is 417 g/mol. The number of ether oxygens (including phenoxy) is 1. The Bertz CT molecular complexity index is 849. The SMILES string of the molecule is C[C@]12C=CC(=O)C=C1CC[C@@H]1[C@@H]2C(O)C[C@@]2(C)[C@H]1CC[C@]2(O)C(=O)COC(=O)CN. The third kappa shape index (κ3) is 2.86. The fourth-order valence-corrected chi connectivity index (χ4v) is 7.11. The molecule has 164 valence electrons. The van der Waals surface area contributed by atoms with E-state index >= 15 is 0 Å². The second-order valence-corrected chi connectivity index (χ2v) is 9.90. The Morgan fingerprint density at radius 2 is 2.03 bits per heavy atom. The first-order valence-corrected chi connectivity index (χ1v) is 10.8. The van der Waals surface area contributed by atoms with Crippen molar-refractivity contribution >= 4 is 17.5 Å². The van der Waals surface area contributed by atoms with Gasteiger partial charge in [-0.05, 0) is 56.1 Å². The average Bonchev–Trinajstić information content (AvgIpc) is 2.97. The number of ketones is 2. The second-order valence-electron chi connectivity index (χ2n) is 9.90. The van der Waals surface area contributed by atoms with Crippen LogP contribution in [0.4, 0.5) is 0 Å². The van der Waals surface area contributed by atoms with E-state index in [4.69, 9.17) is 10.5 Å². The zero-order chi connectivity index (χ0) is 21.9. The highest BCUT2D eigenvalue weighted by molar-refractivity contribution is 6.01. The van der Waals surface area contributed by atoms with E-state index in [0.717, 1.165) is 18.4 Å². The molecule has 7 nitrogen and oxygen atoms in total. The van der Waals surface area contributed by atoms with Gasteiger partial charge in [-0.15, -0.1) is 0 Å². The van der Waals surface area contributed by atoms with Gasteiger partial charge in [0.05, 0.1) is 12.6 Å². The minimum Gasteiger partial charge on any atom is -0.457 e. The molecule has 0 radical (unpaired) electrons. The first kappa shape index (κ1) is 21.4. The number of aliphatic hydroxyl groups is 2. The Labute approximate surface area is 176 Å². The molecular weight excluding hydrogens is 386 g/mol. The minimum absolute atomic E-state index is 0.0103. The minimum atomic E-state index is -1.64. The van der Waals surface area contributed by atoms with Crippen molar-refractivity contribution in [2.45, 2.75) is 57.7 Å². The van der Waals surface area contributed by atoms with Crippen LogP contribution in [0.2, 0.25) is 0 Å². The summed E-state index contributed by atoms with van der Waals surface area (Å²) in [5.41, 5.74) is 3.46. The van der Waals surface area contributed by atoms with Crippen LogP contribution in [0.5, 0.6) is 0 Å². The summed E-state index contributed by atoms with van der Waals surface area (Å²) in [5, 5.41) is 22.8. The van der Waals surface area contributed by atoms with Crippen molar-refractivity contribution in [3.05, 3.63) is 23.8 Å². The van der Waals surface area contributed by atoms with Gasteiger partial charge in [0.25, 0.3) is 0 Å². The van der Waals surface area contributed by atoms with E-state index in [1.165, 1.54) is 0 Å². The van der Waals surface area contributed by atoms with Crippen molar-refractivity contribution in [3.63, 3.8) is 0 Å². The molecule has 4 N–H and O–H groups in total. The number of hydrogen-bond acceptors (Lipinski definition) is 7. The van der Waals surface area contributed by atoms with E-state index in [-0.39, 0.29) is 48.3 Å². The lowest BCUT2D eigenvalue weighted by atomic mass is 9.46. The summed E-state index contributed by atoms with van der Waals surface area (Å²) < 4.78 is 4.90. The van der Waals surface area contributed by atoms with Gasteiger partial charge in [-0.3, -0.25) is 14.4 Å². The largest absolute Gasteiger partial charge is 0.457 e. The molecule has 3 fully saturated rings. The van der Waals surface area contributed by atoms with Crippen LogP contribution in [0, 0.1) is 28.6 Å². The van der Waals surface area contributed by atoms with Crippen molar-refractivity contribution in [1.29, 1.82) is 0 Å². The van der Waals surface area contributed by atoms with Gasteiger partial charge < -0.3 is 20.7 Å². The molecule has 0 aliphatic heterocycles. The molecular formula is C23H31NO6. The molecule has 0 saturated heterocycles. The number of carbonyl (C=O) groups excluding carboxylic acids is 3. The highest BCUT2D eigenvalue weighted by Crippen LogP contribution is 2.67. The zero-order valence-electron chi connectivity index (χ0n) is 17.6. The zero-order valence-corrected chi connectivity index (χ0v) is 17.6. The van der Waals surface area contributed by atoms with Crippen LogP contribution in [0.25, 0.3) is 0 Å². The molecule has 0 amide bonds. The number of aliphatic hydroxyl groups excluding tert-OH is 1. The Morgan fingerprint density at radius 1 is 1.30 bits per heavy atom. The van der Waals surface area contributed by atoms with Crippen molar-refractivity contribution < 1.29 is 29.3 Å². The predicted octanol–water partition coefficient (Wildman–Crippen LogP) is 1.07. The molecule has 4 rings (SSSR count). The number of allylic oxidation sites excluding steroid dienone is 4. The van der Waals surface area contributed by atoms with Gasteiger partial charge in [0.2, 0.25) is 5.78 Å². The lowest BCUT2D eigenvalue weighted by Gasteiger charge is -2.59. The first-order chi connectivity index (χ1) is 14.1. The summed E-state index contributed by atoms with van der Waals surface area (Å²) in [6, 6.07) is 0. The van der Waals surface area contributed by atoms with Gasteiger partial charge in [0.1, 0.15) is 5.60 Å². The number of esters is 1. The molecule has 0 aromatic carbocycles. The number of carbonyl (C=O) groups is 3. The van der Waals surface area contributed by atoms with Crippen LogP contribution in [0.1, 0.15) is 46.0 Å². The Morgan fingerprint density at radius 3 is 2.73 bits per heavy atom. The molecule has 7 atom stereocenters. The smallest absolute Gasteiger partial charge is 0.320 e. The number of nitrogens with two attached hydrogens (primary N) is 1. The number of Topliss-reactive ketones (excluding diaryl/α,β-unsaturated/α-hetero) is 1. The average molecular weight is 418 g/mol. The Kier molecular flexibility index (Phi) is 5.07. The van der Waals surface area contributed by atoms with Crippen molar-refractivity contribution in [2.24, 2.45) is 34.3 Å². The van der Waals surface area contributed by atoms with Gasteiger partial charge in [0, 0.05) is 16.7 Å². The third-order valence-corrected chi connectivity index (χ3v) is 8.64. The van der Waals surface area contributed by atoms with Crippen molar-refractivity contribution in [1.82, 2.24) is 0 Å². The summed E-state index contributed by atoms with van der Waals surface area (Å²) in [4.78, 5) is 36.2. The second kappa shape index (κ2) is 7.11. The van der Waals surface area contributed by atoms with Gasteiger partial charge in [-0.25, -0.2) is 0 Å². The van der Waals surface area contributed by atoms with Crippen molar-refractivity contribution in [3.8, 4) is 0 Å². The molecule has 0 bridgehead atoms. The molecule has 4 aliphatic carbocycles. The summed E-state index contributed by atoms with van der Waals surface area (Å²) in [6.45, 7) is 3.15. The van der Waals surface area contributed by atoms with E-state index in [9.17, 15) is 24.6 Å².